The molecule has 0 saturated heterocycles. The average molecular weight is 438 g/mol. The number of benzene rings is 2. The lowest BCUT2D eigenvalue weighted by Gasteiger charge is -2.33. The Balaban J connectivity index is 1.65. The van der Waals surface area contributed by atoms with Crippen LogP contribution in [-0.4, -0.2) is 33.1 Å². The summed E-state index contributed by atoms with van der Waals surface area (Å²) in [6.07, 6.45) is 1.78. The number of aromatic nitrogens is 3. The summed E-state index contributed by atoms with van der Waals surface area (Å²) < 4.78 is 7.21. The molecule has 0 spiro atoms. The first-order valence-electron chi connectivity index (χ1n) is 10.4. The molecule has 2 heterocycles. The quantitative estimate of drug-likeness (QED) is 0.600. The zero-order valence-corrected chi connectivity index (χ0v) is 19.0. The Morgan fingerprint density at radius 3 is 2.61 bits per heavy atom. The van der Waals surface area contributed by atoms with Crippen LogP contribution < -0.4 is 15.5 Å². The molecule has 2 N–H and O–H groups in total. The van der Waals surface area contributed by atoms with Gasteiger partial charge in [-0.15, -0.1) is 10.2 Å². The minimum Gasteiger partial charge on any atom is -0.497 e. The lowest BCUT2D eigenvalue weighted by molar-refractivity contribution is -0.116. The SMILES string of the molecule is CCCc1nnc2n1NC(c1ccc(OC)cc1)C(C(=O)Nc1ccc(C)c(C)c1)S2. The maximum Gasteiger partial charge on any atom is 0.240 e. The van der Waals surface area contributed by atoms with E-state index in [2.05, 4.69) is 34.8 Å². The Bertz CT molecular complexity index is 1080. The highest BCUT2D eigenvalue weighted by Gasteiger charge is 2.37. The number of hydrogen-bond donors (Lipinski definition) is 2. The van der Waals surface area contributed by atoms with E-state index < -0.39 is 5.25 Å². The van der Waals surface area contributed by atoms with Crippen molar-refractivity contribution in [2.75, 3.05) is 17.9 Å². The van der Waals surface area contributed by atoms with Crippen molar-refractivity contribution in [3.05, 3.63) is 65.0 Å². The summed E-state index contributed by atoms with van der Waals surface area (Å²) in [6.45, 7) is 6.21. The molecule has 0 aliphatic carbocycles. The Labute approximate surface area is 186 Å². The van der Waals surface area contributed by atoms with Gasteiger partial charge in [-0.25, -0.2) is 4.68 Å². The van der Waals surface area contributed by atoms with E-state index in [0.717, 1.165) is 41.2 Å². The second-order valence-electron chi connectivity index (χ2n) is 7.69. The van der Waals surface area contributed by atoms with Crippen molar-refractivity contribution in [2.45, 2.75) is 50.1 Å². The van der Waals surface area contributed by atoms with Crippen LogP contribution in [0.2, 0.25) is 0 Å². The molecule has 1 aliphatic heterocycles. The van der Waals surface area contributed by atoms with E-state index in [1.807, 2.05) is 54.1 Å². The van der Waals surface area contributed by atoms with Gasteiger partial charge in [0, 0.05) is 12.1 Å². The number of rotatable bonds is 6. The van der Waals surface area contributed by atoms with Crippen molar-refractivity contribution in [1.82, 2.24) is 14.9 Å². The standard InChI is InChI=1S/C23H27N5O2S/c1-5-6-19-25-26-23-28(19)27-20(16-8-11-18(30-4)12-9-16)21(31-23)22(29)24-17-10-7-14(2)15(3)13-17/h7-13,20-21,27H,5-6H2,1-4H3,(H,24,29). The number of amides is 1. The summed E-state index contributed by atoms with van der Waals surface area (Å²) >= 11 is 1.43. The van der Waals surface area contributed by atoms with Crippen molar-refractivity contribution in [3.8, 4) is 5.75 Å². The van der Waals surface area contributed by atoms with Crippen LogP contribution in [0.3, 0.4) is 0 Å². The largest absolute Gasteiger partial charge is 0.497 e. The monoisotopic (exact) mass is 437 g/mol. The fourth-order valence-electron chi connectivity index (χ4n) is 3.58. The predicted octanol–water partition coefficient (Wildman–Crippen LogP) is 4.25. The van der Waals surface area contributed by atoms with E-state index >= 15 is 0 Å². The lowest BCUT2D eigenvalue weighted by atomic mass is 10.0. The third-order valence-corrected chi connectivity index (χ3v) is 6.70. The van der Waals surface area contributed by atoms with Gasteiger partial charge < -0.3 is 15.5 Å². The van der Waals surface area contributed by atoms with Crippen molar-refractivity contribution < 1.29 is 9.53 Å². The number of thioether (sulfide) groups is 1. The summed E-state index contributed by atoms with van der Waals surface area (Å²) in [6, 6.07) is 13.5. The molecule has 1 amide bonds. The number of anilines is 1. The highest BCUT2D eigenvalue weighted by atomic mass is 32.2. The Morgan fingerprint density at radius 1 is 1.16 bits per heavy atom. The van der Waals surface area contributed by atoms with E-state index in [4.69, 9.17) is 4.74 Å². The molecular weight excluding hydrogens is 410 g/mol. The molecule has 1 aliphatic rings. The third-order valence-electron chi connectivity index (χ3n) is 5.49. The predicted molar refractivity (Wildman–Crippen MR) is 123 cm³/mol. The zero-order chi connectivity index (χ0) is 22.0. The Kier molecular flexibility index (Phi) is 6.18. The van der Waals surface area contributed by atoms with Crippen LogP contribution in [0, 0.1) is 13.8 Å². The zero-order valence-electron chi connectivity index (χ0n) is 18.2. The van der Waals surface area contributed by atoms with Crippen LogP contribution in [0.25, 0.3) is 0 Å². The molecular formula is C23H27N5O2S. The van der Waals surface area contributed by atoms with E-state index in [0.29, 0.717) is 5.16 Å². The van der Waals surface area contributed by atoms with Crippen molar-refractivity contribution in [1.29, 1.82) is 0 Å². The Morgan fingerprint density at radius 2 is 1.94 bits per heavy atom. The number of ether oxygens (including phenoxy) is 1. The second kappa shape index (κ2) is 9.01. The molecule has 31 heavy (non-hydrogen) atoms. The van der Waals surface area contributed by atoms with Crippen LogP contribution in [0.4, 0.5) is 5.69 Å². The number of hydrogen-bond acceptors (Lipinski definition) is 6. The molecule has 162 valence electrons. The fraction of sp³-hybridized carbons (Fsp3) is 0.348. The maximum atomic E-state index is 13.4. The Hall–Kier alpha value is -3.00. The van der Waals surface area contributed by atoms with Gasteiger partial charge in [0.1, 0.15) is 11.0 Å². The van der Waals surface area contributed by atoms with Gasteiger partial charge in [0.15, 0.2) is 5.82 Å². The highest BCUT2D eigenvalue weighted by molar-refractivity contribution is 8.00. The third kappa shape index (κ3) is 4.39. The number of carbonyl (C=O) groups excluding carboxylic acids is 1. The van der Waals surface area contributed by atoms with Gasteiger partial charge in [0.05, 0.1) is 13.2 Å². The summed E-state index contributed by atoms with van der Waals surface area (Å²) in [5.41, 5.74) is 7.61. The first-order valence-corrected chi connectivity index (χ1v) is 11.3. The van der Waals surface area contributed by atoms with E-state index in [1.165, 1.54) is 17.3 Å². The van der Waals surface area contributed by atoms with Crippen LogP contribution in [0.5, 0.6) is 5.75 Å². The molecule has 4 rings (SSSR count). The molecule has 2 atom stereocenters. The molecule has 0 saturated carbocycles. The molecule has 3 aromatic rings. The number of fused-ring (bicyclic) bond motifs is 1. The van der Waals surface area contributed by atoms with Crippen LogP contribution in [-0.2, 0) is 11.2 Å². The van der Waals surface area contributed by atoms with Gasteiger partial charge in [0.2, 0.25) is 11.1 Å². The van der Waals surface area contributed by atoms with Crippen molar-refractivity contribution in [2.24, 2.45) is 0 Å². The van der Waals surface area contributed by atoms with E-state index in [1.54, 1.807) is 7.11 Å². The van der Waals surface area contributed by atoms with Crippen LogP contribution in [0.15, 0.2) is 47.6 Å². The van der Waals surface area contributed by atoms with Crippen LogP contribution in [0.1, 0.15) is 41.9 Å². The number of aryl methyl sites for hydroxylation is 3. The molecule has 0 fully saturated rings. The van der Waals surface area contributed by atoms with Gasteiger partial charge in [-0.3, -0.25) is 4.79 Å². The first-order chi connectivity index (χ1) is 15.0. The number of nitrogens with one attached hydrogen (secondary N) is 2. The fourth-order valence-corrected chi connectivity index (χ4v) is 4.68. The summed E-state index contributed by atoms with van der Waals surface area (Å²) in [7, 11) is 1.64. The molecule has 0 radical (unpaired) electrons. The van der Waals surface area contributed by atoms with Gasteiger partial charge in [0.25, 0.3) is 0 Å². The molecule has 1 aromatic heterocycles. The van der Waals surface area contributed by atoms with Crippen molar-refractivity contribution >= 4 is 23.4 Å². The molecule has 7 nitrogen and oxygen atoms in total. The normalized spacial score (nSPS) is 17.5. The molecule has 8 heteroatoms. The average Bonchev–Trinajstić information content (AvgIpc) is 3.17. The second-order valence-corrected chi connectivity index (χ2v) is 8.80. The van der Waals surface area contributed by atoms with Crippen LogP contribution >= 0.6 is 11.8 Å². The molecule has 2 aromatic carbocycles. The highest BCUT2D eigenvalue weighted by Crippen LogP contribution is 2.38. The van der Waals surface area contributed by atoms with Gasteiger partial charge in [-0.05, 0) is 61.2 Å². The van der Waals surface area contributed by atoms with Gasteiger partial charge >= 0.3 is 0 Å². The minimum atomic E-state index is -0.416. The first kappa shape index (κ1) is 21.2. The lowest BCUT2D eigenvalue weighted by Crippen LogP contribution is -2.41. The number of nitrogens with zero attached hydrogens (tertiary/aromatic N) is 3. The van der Waals surface area contributed by atoms with E-state index in [9.17, 15) is 4.79 Å². The summed E-state index contributed by atoms with van der Waals surface area (Å²) in [5, 5.41) is 12.0. The topological polar surface area (TPSA) is 81.1 Å². The van der Waals surface area contributed by atoms with Gasteiger partial charge in [-0.2, -0.15) is 0 Å². The smallest absolute Gasteiger partial charge is 0.240 e. The van der Waals surface area contributed by atoms with E-state index in [-0.39, 0.29) is 11.9 Å². The summed E-state index contributed by atoms with van der Waals surface area (Å²) in [4.78, 5) is 13.4. The number of carbonyl (C=O) groups is 1. The van der Waals surface area contributed by atoms with Crippen molar-refractivity contribution in [3.63, 3.8) is 0 Å². The maximum absolute atomic E-state index is 13.4. The molecule has 2 unspecified atom stereocenters. The molecule has 0 bridgehead atoms. The number of methoxy groups -OCH3 is 1. The van der Waals surface area contributed by atoms with Gasteiger partial charge in [-0.1, -0.05) is 36.9 Å². The minimum absolute atomic E-state index is 0.0761. The summed E-state index contributed by atoms with van der Waals surface area (Å²) in [5.74, 6) is 1.57.